The Hall–Kier alpha value is -3.70. The molecule has 6 rings (SSSR count). The van der Waals surface area contributed by atoms with Gasteiger partial charge in [0.1, 0.15) is 11.6 Å². The second-order valence-corrected chi connectivity index (χ2v) is 10.7. The minimum absolute atomic E-state index is 0.113. The van der Waals surface area contributed by atoms with Crippen molar-refractivity contribution in [3.8, 4) is 16.9 Å². The van der Waals surface area contributed by atoms with Crippen LogP contribution < -0.4 is 5.32 Å². The van der Waals surface area contributed by atoms with Gasteiger partial charge in [-0.3, -0.25) is 4.79 Å². The number of carbonyl (C=O) groups excluding carboxylic acids is 1. The number of anilines is 1. The normalized spacial score (nSPS) is 18.4. The zero-order valence-electron chi connectivity index (χ0n) is 20.1. The van der Waals surface area contributed by atoms with Crippen LogP contribution in [0.15, 0.2) is 90.1 Å². The Balaban J connectivity index is 1.69. The Kier molecular flexibility index (Phi) is 5.34. The summed E-state index contributed by atoms with van der Waals surface area (Å²) in [6.07, 6.45) is 1.17. The average Bonchev–Trinajstić information content (AvgIpc) is 3.22. The van der Waals surface area contributed by atoms with E-state index in [1.165, 1.54) is 12.1 Å². The molecule has 4 nitrogen and oxygen atoms in total. The fraction of sp³-hybridized carbons (Fsp3) is 0.200. The zero-order chi connectivity index (χ0) is 25.0. The SMILES string of the molecule is CC1(C)CC(=O)C2=C(C1)Nc1c(c(-c3ccccc3)nn1-c1cccc(F)c1)C2c1ccccc1Cl. The number of aromatic nitrogens is 2. The number of nitrogens with one attached hydrogen (secondary N) is 1. The maximum Gasteiger partial charge on any atom is 0.162 e. The van der Waals surface area contributed by atoms with Crippen LogP contribution in [0.3, 0.4) is 0 Å². The summed E-state index contributed by atoms with van der Waals surface area (Å²) >= 11 is 6.77. The number of Topliss-reactive ketones (excluding diaryl/α,β-unsaturated/α-hetero) is 1. The van der Waals surface area contributed by atoms with Gasteiger partial charge in [-0.15, -0.1) is 0 Å². The predicted molar refractivity (Wildman–Crippen MR) is 141 cm³/mol. The van der Waals surface area contributed by atoms with Gasteiger partial charge in [0.2, 0.25) is 0 Å². The fourth-order valence-corrected chi connectivity index (χ4v) is 5.76. The van der Waals surface area contributed by atoms with Crippen molar-refractivity contribution in [3.63, 3.8) is 0 Å². The van der Waals surface area contributed by atoms with Crippen LogP contribution in [0.2, 0.25) is 5.02 Å². The number of fused-ring (bicyclic) bond motifs is 1. The van der Waals surface area contributed by atoms with Gasteiger partial charge in [-0.2, -0.15) is 5.10 Å². The first-order valence-electron chi connectivity index (χ1n) is 12.0. The number of rotatable bonds is 3. The Morgan fingerprint density at radius 3 is 2.50 bits per heavy atom. The summed E-state index contributed by atoms with van der Waals surface area (Å²) in [4.78, 5) is 13.7. The lowest BCUT2D eigenvalue weighted by Gasteiger charge is -2.39. The van der Waals surface area contributed by atoms with E-state index in [9.17, 15) is 9.18 Å². The molecule has 6 heteroatoms. The molecule has 180 valence electrons. The lowest BCUT2D eigenvalue weighted by atomic mass is 9.69. The summed E-state index contributed by atoms with van der Waals surface area (Å²) < 4.78 is 16.0. The highest BCUT2D eigenvalue weighted by Crippen LogP contribution is 2.53. The highest BCUT2D eigenvalue weighted by molar-refractivity contribution is 6.31. The van der Waals surface area contributed by atoms with Gasteiger partial charge in [0.25, 0.3) is 0 Å². The molecule has 0 bridgehead atoms. The maximum absolute atomic E-state index is 14.3. The van der Waals surface area contributed by atoms with E-state index in [-0.39, 0.29) is 17.0 Å². The topological polar surface area (TPSA) is 46.9 Å². The van der Waals surface area contributed by atoms with Gasteiger partial charge in [-0.05, 0) is 41.7 Å². The van der Waals surface area contributed by atoms with Crippen LogP contribution in [0, 0.1) is 11.2 Å². The molecule has 1 aromatic heterocycles. The van der Waals surface area contributed by atoms with Gasteiger partial charge in [0, 0.05) is 39.8 Å². The van der Waals surface area contributed by atoms with Crippen LogP contribution in [-0.4, -0.2) is 15.6 Å². The summed E-state index contributed by atoms with van der Waals surface area (Å²) in [6.45, 7) is 4.21. The molecular formula is C30H25ClFN3O. The third-order valence-corrected chi connectivity index (χ3v) is 7.35. The third-order valence-electron chi connectivity index (χ3n) is 7.00. The van der Waals surface area contributed by atoms with Crippen molar-refractivity contribution in [1.29, 1.82) is 0 Å². The lowest BCUT2D eigenvalue weighted by molar-refractivity contribution is -0.118. The van der Waals surface area contributed by atoms with Crippen molar-refractivity contribution >= 4 is 23.2 Å². The first-order chi connectivity index (χ1) is 17.3. The molecule has 0 saturated carbocycles. The molecule has 1 N–H and O–H groups in total. The van der Waals surface area contributed by atoms with Crippen molar-refractivity contribution in [2.45, 2.75) is 32.6 Å². The number of hydrogen-bond donors (Lipinski definition) is 1. The molecule has 1 unspecified atom stereocenters. The van der Waals surface area contributed by atoms with E-state index in [1.54, 1.807) is 10.7 Å². The molecule has 0 spiro atoms. The molecule has 1 atom stereocenters. The van der Waals surface area contributed by atoms with E-state index in [0.717, 1.165) is 39.5 Å². The lowest BCUT2D eigenvalue weighted by Crippen LogP contribution is -2.34. The summed E-state index contributed by atoms with van der Waals surface area (Å²) in [6, 6.07) is 23.9. The van der Waals surface area contributed by atoms with Gasteiger partial charge in [0.15, 0.2) is 5.78 Å². The molecule has 0 fully saturated rings. The Morgan fingerprint density at radius 2 is 1.75 bits per heavy atom. The zero-order valence-corrected chi connectivity index (χ0v) is 20.8. The monoisotopic (exact) mass is 497 g/mol. The molecule has 1 aliphatic carbocycles. The standard InChI is InChI=1S/C30H25ClFN3O/c1-30(2)16-23-26(24(36)17-30)25(21-13-6-7-14-22(21)31)27-28(18-9-4-3-5-10-18)34-35(29(27)33-23)20-12-8-11-19(32)15-20/h3-15,25,33H,16-17H2,1-2H3. The van der Waals surface area contributed by atoms with Gasteiger partial charge >= 0.3 is 0 Å². The molecule has 2 heterocycles. The fourth-order valence-electron chi connectivity index (χ4n) is 5.52. The molecular weight excluding hydrogens is 473 g/mol. The van der Waals surface area contributed by atoms with Gasteiger partial charge < -0.3 is 5.32 Å². The summed E-state index contributed by atoms with van der Waals surface area (Å²) in [5, 5.41) is 9.17. The summed E-state index contributed by atoms with van der Waals surface area (Å²) in [5.41, 5.74) is 5.41. The molecule has 0 radical (unpaired) electrons. The Morgan fingerprint density at radius 1 is 1.00 bits per heavy atom. The number of allylic oxidation sites excluding steroid dienone is 2. The van der Waals surface area contributed by atoms with E-state index >= 15 is 0 Å². The largest absolute Gasteiger partial charge is 0.343 e. The van der Waals surface area contributed by atoms with Crippen molar-refractivity contribution in [2.75, 3.05) is 5.32 Å². The number of halogens is 2. The van der Waals surface area contributed by atoms with Crippen LogP contribution >= 0.6 is 11.6 Å². The van der Waals surface area contributed by atoms with Gasteiger partial charge in [-0.1, -0.05) is 80.0 Å². The number of hydrogen-bond acceptors (Lipinski definition) is 3. The quantitative estimate of drug-likeness (QED) is 0.318. The first kappa shape index (κ1) is 22.7. The van der Waals surface area contributed by atoms with Gasteiger partial charge in [0.05, 0.1) is 11.4 Å². The third kappa shape index (κ3) is 3.75. The number of ketones is 1. The van der Waals surface area contributed by atoms with Crippen molar-refractivity contribution < 1.29 is 9.18 Å². The van der Waals surface area contributed by atoms with E-state index in [4.69, 9.17) is 16.7 Å². The molecule has 3 aromatic carbocycles. The predicted octanol–water partition coefficient (Wildman–Crippen LogP) is 7.53. The summed E-state index contributed by atoms with van der Waals surface area (Å²) in [5.74, 6) is 0.104. The molecule has 0 saturated heterocycles. The Bertz CT molecular complexity index is 1540. The van der Waals surface area contributed by atoms with Crippen LogP contribution in [0.4, 0.5) is 10.2 Å². The molecule has 0 amide bonds. The first-order valence-corrected chi connectivity index (χ1v) is 12.4. The highest BCUT2D eigenvalue weighted by atomic mass is 35.5. The summed E-state index contributed by atoms with van der Waals surface area (Å²) in [7, 11) is 0. The van der Waals surface area contributed by atoms with Gasteiger partial charge in [-0.25, -0.2) is 9.07 Å². The van der Waals surface area contributed by atoms with Crippen molar-refractivity contribution in [3.05, 3.63) is 112 Å². The smallest absolute Gasteiger partial charge is 0.162 e. The van der Waals surface area contributed by atoms with Crippen LogP contribution in [0.25, 0.3) is 16.9 Å². The van der Waals surface area contributed by atoms with E-state index in [0.29, 0.717) is 23.6 Å². The molecule has 4 aromatic rings. The molecule has 2 aliphatic rings. The second kappa shape index (κ2) is 8.45. The minimum atomic E-state index is -0.397. The van der Waals surface area contributed by atoms with E-state index in [1.807, 2.05) is 60.7 Å². The number of nitrogens with zero attached hydrogens (tertiary/aromatic N) is 2. The van der Waals surface area contributed by atoms with E-state index in [2.05, 4.69) is 19.2 Å². The van der Waals surface area contributed by atoms with Crippen LogP contribution in [0.5, 0.6) is 0 Å². The van der Waals surface area contributed by atoms with Crippen molar-refractivity contribution in [2.24, 2.45) is 5.41 Å². The minimum Gasteiger partial charge on any atom is -0.343 e. The second-order valence-electron chi connectivity index (χ2n) is 10.3. The van der Waals surface area contributed by atoms with Crippen LogP contribution in [-0.2, 0) is 4.79 Å². The Labute approximate surface area is 214 Å². The maximum atomic E-state index is 14.3. The molecule has 36 heavy (non-hydrogen) atoms. The van der Waals surface area contributed by atoms with Crippen molar-refractivity contribution in [1.82, 2.24) is 9.78 Å². The average molecular weight is 498 g/mol. The number of carbonyl (C=O) groups is 1. The van der Waals surface area contributed by atoms with E-state index < -0.39 is 5.92 Å². The highest BCUT2D eigenvalue weighted by Gasteiger charge is 2.44. The molecule has 1 aliphatic heterocycles. The van der Waals surface area contributed by atoms with Crippen LogP contribution in [0.1, 0.15) is 43.7 Å². The number of benzene rings is 3.